The van der Waals surface area contributed by atoms with Crippen LogP contribution in [0.3, 0.4) is 0 Å². The van der Waals surface area contributed by atoms with Crippen LogP contribution >= 0.6 is 0 Å². The van der Waals surface area contributed by atoms with Crippen molar-refractivity contribution in [3.63, 3.8) is 0 Å². The molecule has 2 aromatic heterocycles. The van der Waals surface area contributed by atoms with Crippen molar-refractivity contribution >= 4 is 5.91 Å². The SMILES string of the molecule is COc1ccc(-c2cc(C(=O)NCc3ccco3)n(-c3ccc(C)cc3)n2)cc1. The van der Waals surface area contributed by atoms with Crippen molar-refractivity contribution in [1.82, 2.24) is 15.1 Å². The number of nitrogens with one attached hydrogen (secondary N) is 1. The number of furan rings is 1. The Labute approximate surface area is 168 Å². The van der Waals surface area contributed by atoms with E-state index in [2.05, 4.69) is 5.32 Å². The zero-order chi connectivity index (χ0) is 20.2. The summed E-state index contributed by atoms with van der Waals surface area (Å²) in [5, 5.41) is 7.59. The second-order valence-electron chi connectivity index (χ2n) is 6.65. The van der Waals surface area contributed by atoms with E-state index in [1.54, 1.807) is 30.2 Å². The van der Waals surface area contributed by atoms with Gasteiger partial charge in [0, 0.05) is 5.56 Å². The highest BCUT2D eigenvalue weighted by atomic mass is 16.5. The molecule has 0 saturated carbocycles. The zero-order valence-corrected chi connectivity index (χ0v) is 16.3. The van der Waals surface area contributed by atoms with Crippen LogP contribution in [0.1, 0.15) is 21.8 Å². The standard InChI is InChI=1S/C23H21N3O3/c1-16-5-9-18(10-6-16)26-22(23(27)24-15-20-4-3-13-29-20)14-21(25-26)17-7-11-19(28-2)12-8-17/h3-14H,15H2,1-2H3,(H,24,27). The Hall–Kier alpha value is -3.80. The van der Waals surface area contributed by atoms with E-state index in [4.69, 9.17) is 14.3 Å². The molecule has 2 aromatic carbocycles. The van der Waals surface area contributed by atoms with Crippen LogP contribution in [0.25, 0.3) is 16.9 Å². The van der Waals surface area contributed by atoms with Gasteiger partial charge in [0.1, 0.15) is 17.2 Å². The van der Waals surface area contributed by atoms with E-state index in [-0.39, 0.29) is 5.91 Å². The molecule has 1 N–H and O–H groups in total. The molecule has 0 fully saturated rings. The van der Waals surface area contributed by atoms with E-state index in [9.17, 15) is 4.79 Å². The van der Waals surface area contributed by atoms with Crippen molar-refractivity contribution in [3.05, 3.63) is 90.0 Å². The van der Waals surface area contributed by atoms with Gasteiger partial charge in [0.25, 0.3) is 5.91 Å². The lowest BCUT2D eigenvalue weighted by molar-refractivity contribution is 0.0940. The van der Waals surface area contributed by atoms with Crippen molar-refractivity contribution in [2.45, 2.75) is 13.5 Å². The normalized spacial score (nSPS) is 10.7. The van der Waals surface area contributed by atoms with Gasteiger partial charge >= 0.3 is 0 Å². The first-order valence-electron chi connectivity index (χ1n) is 9.26. The Morgan fingerprint density at radius 1 is 1.10 bits per heavy atom. The maximum Gasteiger partial charge on any atom is 0.270 e. The maximum absolute atomic E-state index is 12.9. The highest BCUT2D eigenvalue weighted by Gasteiger charge is 2.18. The van der Waals surface area contributed by atoms with Gasteiger partial charge in [0.15, 0.2) is 0 Å². The summed E-state index contributed by atoms with van der Waals surface area (Å²) >= 11 is 0. The second kappa shape index (κ2) is 8.06. The minimum atomic E-state index is -0.228. The van der Waals surface area contributed by atoms with Crippen molar-refractivity contribution in [1.29, 1.82) is 0 Å². The molecule has 0 unspecified atom stereocenters. The molecule has 0 atom stereocenters. The molecule has 0 aliphatic carbocycles. The molecule has 0 spiro atoms. The highest BCUT2D eigenvalue weighted by molar-refractivity contribution is 5.94. The zero-order valence-electron chi connectivity index (χ0n) is 16.3. The summed E-state index contributed by atoms with van der Waals surface area (Å²) in [5.41, 5.74) is 4.01. The first-order chi connectivity index (χ1) is 14.1. The number of nitrogens with zero attached hydrogens (tertiary/aromatic N) is 2. The maximum atomic E-state index is 12.9. The number of carbonyl (C=O) groups is 1. The summed E-state index contributed by atoms with van der Waals surface area (Å²) in [6.07, 6.45) is 1.58. The van der Waals surface area contributed by atoms with Crippen LogP contribution in [0.15, 0.2) is 77.4 Å². The predicted molar refractivity (Wildman–Crippen MR) is 110 cm³/mol. The minimum Gasteiger partial charge on any atom is -0.497 e. The average Bonchev–Trinajstić information content (AvgIpc) is 3.43. The molecule has 29 heavy (non-hydrogen) atoms. The van der Waals surface area contributed by atoms with Crippen LogP contribution in [0.5, 0.6) is 5.75 Å². The van der Waals surface area contributed by atoms with Gasteiger partial charge in [-0.3, -0.25) is 4.79 Å². The number of hydrogen-bond donors (Lipinski definition) is 1. The van der Waals surface area contributed by atoms with Gasteiger partial charge in [-0.15, -0.1) is 0 Å². The van der Waals surface area contributed by atoms with E-state index in [1.807, 2.05) is 61.5 Å². The van der Waals surface area contributed by atoms with E-state index < -0.39 is 0 Å². The van der Waals surface area contributed by atoms with Crippen molar-refractivity contribution in [2.24, 2.45) is 0 Å². The topological polar surface area (TPSA) is 69.3 Å². The Kier molecular flexibility index (Phi) is 5.16. The number of rotatable bonds is 6. The number of benzene rings is 2. The molecule has 0 radical (unpaired) electrons. The monoisotopic (exact) mass is 387 g/mol. The molecule has 6 nitrogen and oxygen atoms in total. The molecule has 0 aliphatic heterocycles. The Morgan fingerprint density at radius 2 is 1.86 bits per heavy atom. The summed E-state index contributed by atoms with van der Waals surface area (Å²) in [4.78, 5) is 12.9. The van der Waals surface area contributed by atoms with E-state index >= 15 is 0 Å². The van der Waals surface area contributed by atoms with Crippen molar-refractivity contribution in [3.8, 4) is 22.7 Å². The molecule has 146 valence electrons. The van der Waals surface area contributed by atoms with Crippen LogP contribution in [0, 0.1) is 6.92 Å². The molecule has 1 amide bonds. The van der Waals surface area contributed by atoms with Crippen molar-refractivity contribution in [2.75, 3.05) is 7.11 Å². The molecule has 4 rings (SSSR count). The third-order valence-electron chi connectivity index (χ3n) is 4.61. The number of carbonyl (C=O) groups excluding carboxylic acids is 1. The minimum absolute atomic E-state index is 0.228. The lowest BCUT2D eigenvalue weighted by Crippen LogP contribution is -2.25. The van der Waals surface area contributed by atoms with Gasteiger partial charge in [-0.2, -0.15) is 5.10 Å². The van der Waals surface area contributed by atoms with Crippen LogP contribution in [0.2, 0.25) is 0 Å². The summed E-state index contributed by atoms with van der Waals surface area (Å²) in [7, 11) is 1.63. The summed E-state index contributed by atoms with van der Waals surface area (Å²) in [5.74, 6) is 1.23. The van der Waals surface area contributed by atoms with Gasteiger partial charge in [-0.25, -0.2) is 4.68 Å². The fourth-order valence-corrected chi connectivity index (χ4v) is 3.00. The van der Waals surface area contributed by atoms with Gasteiger partial charge < -0.3 is 14.5 Å². The van der Waals surface area contributed by atoms with E-state index in [1.165, 1.54) is 0 Å². The lowest BCUT2D eigenvalue weighted by Gasteiger charge is -2.08. The fraction of sp³-hybridized carbons (Fsp3) is 0.130. The highest BCUT2D eigenvalue weighted by Crippen LogP contribution is 2.24. The van der Waals surface area contributed by atoms with Gasteiger partial charge in [-0.05, 0) is 61.5 Å². The number of amides is 1. The quantitative estimate of drug-likeness (QED) is 0.533. The Balaban J connectivity index is 1.69. The smallest absolute Gasteiger partial charge is 0.270 e. The Morgan fingerprint density at radius 3 is 2.52 bits per heavy atom. The molecule has 0 aliphatic rings. The molecule has 2 heterocycles. The fourth-order valence-electron chi connectivity index (χ4n) is 3.00. The average molecular weight is 387 g/mol. The lowest BCUT2D eigenvalue weighted by atomic mass is 10.1. The van der Waals surface area contributed by atoms with Gasteiger partial charge in [0.2, 0.25) is 0 Å². The van der Waals surface area contributed by atoms with Crippen molar-refractivity contribution < 1.29 is 13.9 Å². The van der Waals surface area contributed by atoms with E-state index in [0.717, 1.165) is 22.6 Å². The third-order valence-corrected chi connectivity index (χ3v) is 4.61. The molecule has 4 aromatic rings. The first-order valence-corrected chi connectivity index (χ1v) is 9.26. The number of ether oxygens (including phenoxy) is 1. The van der Waals surface area contributed by atoms with Crippen LogP contribution < -0.4 is 10.1 Å². The molecule has 0 bridgehead atoms. The van der Waals surface area contributed by atoms with Gasteiger partial charge in [-0.1, -0.05) is 17.7 Å². The summed E-state index contributed by atoms with van der Waals surface area (Å²) in [6.45, 7) is 2.33. The van der Waals surface area contributed by atoms with Gasteiger partial charge in [0.05, 0.1) is 31.3 Å². The van der Waals surface area contributed by atoms with E-state index in [0.29, 0.717) is 23.7 Å². The number of aromatic nitrogens is 2. The van der Waals surface area contributed by atoms with Crippen LogP contribution in [-0.2, 0) is 6.54 Å². The molecular weight excluding hydrogens is 366 g/mol. The Bertz CT molecular complexity index is 1100. The number of hydrogen-bond acceptors (Lipinski definition) is 4. The summed E-state index contributed by atoms with van der Waals surface area (Å²) in [6, 6.07) is 20.9. The molecular formula is C23H21N3O3. The number of aryl methyl sites for hydroxylation is 1. The predicted octanol–water partition coefficient (Wildman–Crippen LogP) is 4.38. The second-order valence-corrected chi connectivity index (χ2v) is 6.65. The first kappa shape index (κ1) is 18.6. The third kappa shape index (κ3) is 4.06. The van der Waals surface area contributed by atoms with Crippen LogP contribution in [-0.4, -0.2) is 22.8 Å². The van der Waals surface area contributed by atoms with Crippen LogP contribution in [0.4, 0.5) is 0 Å². The molecule has 6 heteroatoms. The summed E-state index contributed by atoms with van der Waals surface area (Å²) < 4.78 is 12.2. The largest absolute Gasteiger partial charge is 0.497 e. The number of methoxy groups -OCH3 is 1. The molecule has 0 saturated heterocycles.